The fourth-order valence-electron chi connectivity index (χ4n) is 24.5. The van der Waals surface area contributed by atoms with E-state index in [0.717, 1.165) is 109 Å². The van der Waals surface area contributed by atoms with Gasteiger partial charge in [0.1, 0.15) is 35.8 Å². The average molecular weight is 1050 g/mol. The summed E-state index contributed by atoms with van der Waals surface area (Å²) < 4.78 is 36.0. The molecule has 4 spiro atoms. The largest absolute Gasteiger partial charge is 0.469 e. The molecule has 8 saturated carbocycles. The third-order valence-corrected chi connectivity index (χ3v) is 26.9. The zero-order valence-electron chi connectivity index (χ0n) is 45.3. The monoisotopic (exact) mass is 1040 g/mol. The highest BCUT2D eigenvalue weighted by Crippen LogP contribution is 2.90. The van der Waals surface area contributed by atoms with Crippen LogP contribution in [0.4, 0.5) is 0 Å². The predicted molar refractivity (Wildman–Crippen MR) is 276 cm³/mol. The number of nitrogens with one attached hydrogen (secondary N) is 1. The van der Waals surface area contributed by atoms with E-state index in [1.165, 1.54) is 31.3 Å². The molecular weight excluding hydrogens is 961 g/mol. The van der Waals surface area contributed by atoms with E-state index >= 15 is 14.4 Å². The number of hydrogen-bond acceptors (Lipinski definition) is 13. The molecule has 0 unspecified atom stereocenters. The summed E-state index contributed by atoms with van der Waals surface area (Å²) in [5, 5.41) is 40.4. The maximum atomic E-state index is 16.9. The fraction of sp³-hybridized carbons (Fsp3) is 0.825. The molecule has 4 N–H and O–H groups in total. The van der Waals surface area contributed by atoms with Gasteiger partial charge >= 0.3 is 11.9 Å². The number of carbonyl (C=O) groups is 3. The van der Waals surface area contributed by atoms with E-state index in [1.54, 1.807) is 6.26 Å². The highest BCUT2D eigenvalue weighted by atomic mass is 16.7. The first-order chi connectivity index (χ1) is 36.7. The minimum absolute atomic E-state index is 0.0693. The van der Waals surface area contributed by atoms with Gasteiger partial charge in [0.25, 0.3) is 0 Å². The number of ketones is 1. The molecule has 0 amide bonds. The maximum absolute atomic E-state index is 16.9. The van der Waals surface area contributed by atoms with Crippen LogP contribution in [0.5, 0.6) is 0 Å². The number of aliphatic hydroxyl groups is 3. The number of cyclic esters (lactones) is 2. The molecule has 0 radical (unpaired) electrons. The Kier molecular flexibility index (Phi) is 10.5. The first kappa shape index (κ1) is 48.8. The number of furan rings is 1. The smallest absolute Gasteiger partial charge is 0.339 e. The lowest BCUT2D eigenvalue weighted by Gasteiger charge is -2.72. The SMILES string of the molecule is C[C@@H](C[C@H]1C=C2C[C@H]3CCC[C@]34C[C@@H]3C[C@@]5(C)[C@H](c6ccoc6C[C@@H]([C@@H]6CC[C@@H]7[C@H](C=CN8CNC[C@@H]78)C6)[C@H](O)CO)OC(=O)[C@H]6O[C@]65[C@]5(C6CCCCC6)[C@H](O)C(=O)[C@@H]6[C@@]1(C)O[C@]21[C@H]4C(=O)OC[C@@]61[C@@H]35)C1CCCC1. The van der Waals surface area contributed by atoms with Crippen LogP contribution in [0.1, 0.15) is 160 Å². The highest BCUT2D eigenvalue weighted by molar-refractivity contribution is 5.94. The Morgan fingerprint density at radius 3 is 2.53 bits per heavy atom. The van der Waals surface area contributed by atoms with Crippen LogP contribution in [0.25, 0.3) is 0 Å². The molecule has 0 aromatic carbocycles. The predicted octanol–water partition coefficient (Wildman–Crippen LogP) is 8.14. The number of nitrogens with zero attached hydrogens (tertiary/aromatic N) is 1. The minimum atomic E-state index is -1.45. The van der Waals surface area contributed by atoms with Crippen molar-refractivity contribution in [2.75, 3.05) is 26.4 Å². The lowest BCUT2D eigenvalue weighted by atomic mass is 9.30. The quantitative estimate of drug-likeness (QED) is 0.100. The van der Waals surface area contributed by atoms with E-state index in [2.05, 4.69) is 49.3 Å². The van der Waals surface area contributed by atoms with E-state index in [-0.39, 0.29) is 66.4 Å². The van der Waals surface area contributed by atoms with Gasteiger partial charge in [-0.3, -0.25) is 14.9 Å². The van der Waals surface area contributed by atoms with Crippen LogP contribution in [0, 0.1) is 98.6 Å². The van der Waals surface area contributed by atoms with E-state index < -0.39 is 80.7 Å². The second-order valence-corrected chi connectivity index (χ2v) is 29.2. The molecule has 13 nitrogen and oxygen atoms in total. The van der Waals surface area contributed by atoms with Gasteiger partial charge in [-0.1, -0.05) is 77.4 Å². The second kappa shape index (κ2) is 16.3. The molecule has 23 atom stereocenters. The van der Waals surface area contributed by atoms with E-state index in [1.807, 2.05) is 6.07 Å². The Balaban J connectivity index is 0.858. The van der Waals surface area contributed by atoms with Crippen molar-refractivity contribution in [1.82, 2.24) is 10.2 Å². The van der Waals surface area contributed by atoms with Crippen LogP contribution in [0.3, 0.4) is 0 Å². The summed E-state index contributed by atoms with van der Waals surface area (Å²) in [5.41, 5.74) is -4.95. The molecule has 5 bridgehead atoms. The third kappa shape index (κ3) is 5.60. The number of carbonyl (C=O) groups excluding carboxylic acids is 3. The molecule has 15 aliphatic rings. The van der Waals surface area contributed by atoms with Crippen molar-refractivity contribution in [3.8, 4) is 0 Å². The Labute approximate surface area is 448 Å². The number of allylic oxidation sites excluding steroid dienone is 1. The summed E-state index contributed by atoms with van der Waals surface area (Å²) in [6.45, 7) is 8.43. The summed E-state index contributed by atoms with van der Waals surface area (Å²) in [6, 6.07) is 2.43. The first-order valence-electron chi connectivity index (χ1n) is 30.9. The molecule has 1 aromatic heterocycles. The Morgan fingerprint density at radius 1 is 0.908 bits per heavy atom. The van der Waals surface area contributed by atoms with Crippen molar-refractivity contribution >= 4 is 17.7 Å². The lowest BCUT2D eigenvalue weighted by Crippen LogP contribution is -2.82. The number of rotatable bonds is 10. The average Bonchev–Trinajstić information content (AvgIpc) is 2.05. The number of esters is 2. The van der Waals surface area contributed by atoms with Crippen LogP contribution in [0.15, 0.2) is 40.7 Å². The summed E-state index contributed by atoms with van der Waals surface area (Å²) >= 11 is 0. The van der Waals surface area contributed by atoms with Gasteiger partial charge in [-0.2, -0.15) is 0 Å². The summed E-state index contributed by atoms with van der Waals surface area (Å²) in [6.07, 6.45) is 23.5. The van der Waals surface area contributed by atoms with Crippen LogP contribution >= 0.6 is 0 Å². The normalized spacial score (nSPS) is 52.3. The second-order valence-electron chi connectivity index (χ2n) is 29.2. The molecule has 7 aliphatic heterocycles. The van der Waals surface area contributed by atoms with Crippen molar-refractivity contribution in [2.45, 2.75) is 196 Å². The molecule has 8 heterocycles. The van der Waals surface area contributed by atoms with Gasteiger partial charge in [-0.15, -0.1) is 0 Å². The van der Waals surface area contributed by atoms with Crippen LogP contribution in [-0.4, -0.2) is 106 Å². The molecular formula is C63H84N2O11. The van der Waals surface area contributed by atoms with Crippen LogP contribution in [0.2, 0.25) is 0 Å². The van der Waals surface area contributed by atoms with E-state index in [4.69, 9.17) is 23.4 Å². The van der Waals surface area contributed by atoms with Crippen molar-refractivity contribution in [2.24, 2.45) is 98.6 Å². The minimum Gasteiger partial charge on any atom is -0.469 e. The number of epoxide rings is 1. The molecule has 1 aromatic rings. The maximum Gasteiger partial charge on any atom is 0.339 e. The summed E-state index contributed by atoms with van der Waals surface area (Å²) in [4.78, 5) is 50.1. The van der Waals surface area contributed by atoms with Gasteiger partial charge in [0.05, 0.1) is 48.5 Å². The lowest BCUT2D eigenvalue weighted by molar-refractivity contribution is -0.300. The van der Waals surface area contributed by atoms with Crippen molar-refractivity contribution in [3.63, 3.8) is 0 Å². The number of fused-ring (bicyclic) bond motifs is 5. The molecule has 16 rings (SSSR count). The number of Topliss-reactive ketones (excluding diaryl/α,β-unsaturated/α-hetero) is 1. The van der Waals surface area contributed by atoms with Gasteiger partial charge < -0.3 is 43.6 Å². The van der Waals surface area contributed by atoms with Crippen molar-refractivity contribution in [1.29, 1.82) is 0 Å². The van der Waals surface area contributed by atoms with Gasteiger partial charge in [-0.25, -0.2) is 4.79 Å². The van der Waals surface area contributed by atoms with Crippen molar-refractivity contribution in [3.05, 3.63) is 47.6 Å². The highest BCUT2D eigenvalue weighted by Gasteiger charge is 2.98. The summed E-state index contributed by atoms with van der Waals surface area (Å²) in [7, 11) is 0. The molecule has 13 fully saturated rings. The van der Waals surface area contributed by atoms with Crippen LogP contribution in [-0.2, 0) is 39.8 Å². The summed E-state index contributed by atoms with van der Waals surface area (Å²) in [5.74, 6) is -0.0802. The first-order valence-corrected chi connectivity index (χ1v) is 30.9. The molecule has 8 aliphatic carbocycles. The Bertz CT molecular complexity index is 2670. The zero-order chi connectivity index (χ0) is 51.7. The topological polar surface area (TPSA) is 181 Å². The molecule has 5 saturated heterocycles. The Morgan fingerprint density at radius 2 is 1.71 bits per heavy atom. The number of aliphatic hydroxyl groups excluding tert-OH is 3. The molecule has 76 heavy (non-hydrogen) atoms. The third-order valence-electron chi connectivity index (χ3n) is 26.9. The Hall–Kier alpha value is -3.07. The van der Waals surface area contributed by atoms with Crippen LogP contribution < -0.4 is 5.32 Å². The fourth-order valence-corrected chi connectivity index (χ4v) is 24.5. The zero-order valence-corrected chi connectivity index (χ0v) is 45.3. The van der Waals surface area contributed by atoms with Gasteiger partial charge in [0.15, 0.2) is 11.9 Å². The van der Waals surface area contributed by atoms with Gasteiger partial charge in [0.2, 0.25) is 0 Å². The van der Waals surface area contributed by atoms with E-state index in [9.17, 15) is 15.3 Å². The van der Waals surface area contributed by atoms with Gasteiger partial charge in [-0.05, 0) is 160 Å². The number of ether oxygens (including phenoxy) is 4. The van der Waals surface area contributed by atoms with E-state index in [0.29, 0.717) is 48.3 Å². The number of hydrogen-bond donors (Lipinski definition) is 4. The van der Waals surface area contributed by atoms with Gasteiger partial charge in [0, 0.05) is 41.3 Å². The molecule has 412 valence electrons. The standard InChI is InChI=1S/C63H84N2O11/c1-33(34-10-7-8-11-34)22-40-25-41-24-39-14-9-19-59(39)28-37-27-57(2)53(43-18-21-72-47(43)26-44(46(67)30-66)35-15-16-42-36(23-35)17-20-65-32-64-29-45(42)65)74-56(71)54-63(57,75-54)61(38-12-5-4-6-13-38)49(37)60-31-73-55(70)51(59)62(41,60)76-58(40,3)50(60)48(68)52(61)69/h17-18,20-21,25,33-40,42,44-46,49-54,64,66-67,69H,4-16,19,22-24,26-32H2,1-3H3/t33-,35+,36+,37-,39+,40-,42+,44-,45-,46+,49+,50+,51-,52+,53-,54+,57-,58-,59-,60+,61-,62-,63+/m0/s1. The molecule has 13 heteroatoms. The van der Waals surface area contributed by atoms with Crippen molar-refractivity contribution < 1.29 is 53.1 Å².